The SMILES string of the molecule is Cc1cc(=O)c(C(=O)Nc2ccccc2NC(=O)N2CCCC2)nn1-c1ccccc1[N+](=O)[O-]. The Morgan fingerprint density at radius 1 is 1.00 bits per heavy atom. The molecule has 3 aromatic rings. The molecule has 0 bridgehead atoms. The molecule has 1 aliphatic rings. The number of nitro benzene ring substituents is 1. The lowest BCUT2D eigenvalue weighted by Crippen LogP contribution is -2.32. The number of hydrogen-bond acceptors (Lipinski definition) is 6. The minimum Gasteiger partial charge on any atom is -0.325 e. The molecule has 1 aliphatic heterocycles. The Balaban J connectivity index is 1.64. The van der Waals surface area contributed by atoms with E-state index in [4.69, 9.17) is 0 Å². The number of likely N-dealkylation sites (tertiary alicyclic amines) is 1. The lowest BCUT2D eigenvalue weighted by Gasteiger charge is -2.18. The Labute approximate surface area is 194 Å². The van der Waals surface area contributed by atoms with Gasteiger partial charge in [0.1, 0.15) is 5.69 Å². The molecule has 2 N–H and O–H groups in total. The maximum atomic E-state index is 13.0. The van der Waals surface area contributed by atoms with Crippen LogP contribution < -0.4 is 16.1 Å². The fraction of sp³-hybridized carbons (Fsp3) is 0.217. The monoisotopic (exact) mass is 462 g/mol. The smallest absolute Gasteiger partial charge is 0.321 e. The number of aromatic nitrogens is 2. The number of hydrogen-bond donors (Lipinski definition) is 2. The van der Waals surface area contributed by atoms with Gasteiger partial charge in [0.05, 0.1) is 16.3 Å². The van der Waals surface area contributed by atoms with Crippen LogP contribution in [0, 0.1) is 17.0 Å². The molecule has 0 radical (unpaired) electrons. The number of nitrogens with zero attached hydrogens (tertiary/aromatic N) is 4. The summed E-state index contributed by atoms with van der Waals surface area (Å²) in [6.07, 6.45) is 1.88. The Kier molecular flexibility index (Phi) is 6.35. The van der Waals surface area contributed by atoms with Crippen LogP contribution in [0.4, 0.5) is 21.9 Å². The van der Waals surface area contributed by atoms with Crippen molar-refractivity contribution in [2.24, 2.45) is 0 Å². The van der Waals surface area contributed by atoms with Gasteiger partial charge in [0.2, 0.25) is 5.43 Å². The van der Waals surface area contributed by atoms with Crippen LogP contribution in [0.5, 0.6) is 0 Å². The molecule has 11 nitrogen and oxygen atoms in total. The van der Waals surface area contributed by atoms with Gasteiger partial charge in [-0.05, 0) is 38.0 Å². The quantitative estimate of drug-likeness (QED) is 0.440. The molecule has 0 aliphatic carbocycles. The third-order valence-corrected chi connectivity index (χ3v) is 5.44. The van der Waals surface area contributed by atoms with Crippen molar-refractivity contribution < 1.29 is 14.5 Å². The maximum absolute atomic E-state index is 13.0. The fourth-order valence-electron chi connectivity index (χ4n) is 3.74. The molecule has 1 fully saturated rings. The van der Waals surface area contributed by atoms with Gasteiger partial charge in [-0.3, -0.25) is 19.7 Å². The van der Waals surface area contributed by atoms with E-state index in [1.165, 1.54) is 28.9 Å². The Morgan fingerprint density at radius 3 is 2.29 bits per heavy atom. The number of amides is 3. The van der Waals surface area contributed by atoms with Crippen molar-refractivity contribution in [3.8, 4) is 5.69 Å². The summed E-state index contributed by atoms with van der Waals surface area (Å²) in [6, 6.07) is 13.4. The van der Waals surface area contributed by atoms with Crippen LogP contribution in [0.25, 0.3) is 5.69 Å². The summed E-state index contributed by atoms with van der Waals surface area (Å²) >= 11 is 0. The van der Waals surface area contributed by atoms with Crippen molar-refractivity contribution in [2.45, 2.75) is 19.8 Å². The molecule has 11 heteroatoms. The van der Waals surface area contributed by atoms with Gasteiger partial charge in [-0.15, -0.1) is 0 Å². The summed E-state index contributed by atoms with van der Waals surface area (Å²) in [5.41, 5.74) is -0.180. The number of benzene rings is 2. The first-order chi connectivity index (χ1) is 16.3. The average molecular weight is 462 g/mol. The minimum absolute atomic E-state index is 0.123. The predicted molar refractivity (Wildman–Crippen MR) is 125 cm³/mol. The normalized spacial score (nSPS) is 12.9. The molecule has 1 aromatic heterocycles. The zero-order valence-electron chi connectivity index (χ0n) is 18.4. The molecular weight excluding hydrogens is 440 g/mol. The second kappa shape index (κ2) is 9.53. The average Bonchev–Trinajstić information content (AvgIpc) is 3.35. The summed E-state index contributed by atoms with van der Waals surface area (Å²) in [6.45, 7) is 2.90. The standard InChI is InChI=1S/C23H22N6O5/c1-15-14-20(30)21(26-28(15)18-10-4-5-11-19(18)29(33)34)22(31)24-16-8-2-3-9-17(16)25-23(32)27-12-6-7-13-27/h2-5,8-11,14H,6-7,12-13H2,1H3,(H,24,31)(H,25,32). The number of nitrogens with one attached hydrogen (secondary N) is 2. The first kappa shape index (κ1) is 22.6. The highest BCUT2D eigenvalue weighted by Gasteiger charge is 2.22. The van der Waals surface area contributed by atoms with Gasteiger partial charge >= 0.3 is 6.03 Å². The summed E-state index contributed by atoms with van der Waals surface area (Å²) in [5.74, 6) is -0.805. The van der Waals surface area contributed by atoms with Crippen molar-refractivity contribution in [2.75, 3.05) is 23.7 Å². The number of aryl methyl sites for hydroxylation is 1. The maximum Gasteiger partial charge on any atom is 0.321 e. The number of carbonyl (C=O) groups is 2. The molecule has 34 heavy (non-hydrogen) atoms. The molecule has 2 heterocycles. The number of para-hydroxylation sites is 4. The molecule has 4 rings (SSSR count). The van der Waals surface area contributed by atoms with Crippen molar-refractivity contribution >= 4 is 29.0 Å². The Hall–Kier alpha value is -4.54. The molecule has 1 saturated heterocycles. The lowest BCUT2D eigenvalue weighted by molar-refractivity contribution is -0.384. The van der Waals surface area contributed by atoms with E-state index < -0.39 is 22.0 Å². The Morgan fingerprint density at radius 2 is 1.62 bits per heavy atom. The van der Waals surface area contributed by atoms with E-state index in [1.807, 2.05) is 0 Å². The first-order valence-corrected chi connectivity index (χ1v) is 10.7. The lowest BCUT2D eigenvalue weighted by atomic mass is 10.2. The van der Waals surface area contributed by atoms with Crippen LogP contribution in [-0.4, -0.2) is 44.6 Å². The van der Waals surface area contributed by atoms with Crippen molar-refractivity contribution in [1.29, 1.82) is 0 Å². The zero-order chi connectivity index (χ0) is 24.2. The highest BCUT2D eigenvalue weighted by molar-refractivity contribution is 6.06. The van der Waals surface area contributed by atoms with E-state index in [0.29, 0.717) is 30.2 Å². The number of carbonyl (C=O) groups excluding carboxylic acids is 2. The number of rotatable bonds is 5. The molecule has 3 amide bonds. The molecule has 0 unspecified atom stereocenters. The largest absolute Gasteiger partial charge is 0.325 e. The zero-order valence-corrected chi connectivity index (χ0v) is 18.4. The first-order valence-electron chi connectivity index (χ1n) is 10.7. The van der Waals surface area contributed by atoms with Crippen molar-refractivity contribution in [3.05, 3.63) is 86.3 Å². The predicted octanol–water partition coefficient (Wildman–Crippen LogP) is 3.33. The van der Waals surface area contributed by atoms with Crippen LogP contribution in [0.3, 0.4) is 0 Å². The summed E-state index contributed by atoms with van der Waals surface area (Å²) < 4.78 is 1.19. The second-order valence-corrected chi connectivity index (χ2v) is 7.78. The van der Waals surface area contributed by atoms with E-state index in [-0.39, 0.29) is 17.4 Å². The highest BCUT2D eigenvalue weighted by atomic mass is 16.6. The van der Waals surface area contributed by atoms with Crippen LogP contribution in [0.2, 0.25) is 0 Å². The van der Waals surface area contributed by atoms with E-state index in [0.717, 1.165) is 12.8 Å². The van der Waals surface area contributed by atoms with Crippen LogP contribution in [0.15, 0.2) is 59.4 Å². The summed E-state index contributed by atoms with van der Waals surface area (Å²) in [4.78, 5) is 50.6. The molecule has 2 aromatic carbocycles. The molecule has 174 valence electrons. The fourth-order valence-corrected chi connectivity index (χ4v) is 3.74. The highest BCUT2D eigenvalue weighted by Crippen LogP contribution is 2.24. The minimum atomic E-state index is -0.805. The molecular formula is C23H22N6O5. The van der Waals surface area contributed by atoms with E-state index in [2.05, 4.69) is 15.7 Å². The number of urea groups is 1. The van der Waals surface area contributed by atoms with E-state index in [9.17, 15) is 24.5 Å². The van der Waals surface area contributed by atoms with Crippen molar-refractivity contribution in [1.82, 2.24) is 14.7 Å². The van der Waals surface area contributed by atoms with Gasteiger partial charge in [0.25, 0.3) is 11.6 Å². The van der Waals surface area contributed by atoms with Crippen LogP contribution in [-0.2, 0) is 0 Å². The number of nitro groups is 1. The van der Waals surface area contributed by atoms with E-state index >= 15 is 0 Å². The Bertz CT molecular complexity index is 1330. The van der Waals surface area contributed by atoms with Gasteiger partial charge in [0.15, 0.2) is 5.69 Å². The van der Waals surface area contributed by atoms with Gasteiger partial charge in [-0.2, -0.15) is 5.10 Å². The van der Waals surface area contributed by atoms with Gasteiger partial charge in [-0.1, -0.05) is 24.3 Å². The van der Waals surface area contributed by atoms with Crippen LogP contribution in [0.1, 0.15) is 29.0 Å². The third kappa shape index (κ3) is 4.63. The molecule has 0 atom stereocenters. The topological polar surface area (TPSA) is 139 Å². The number of anilines is 2. The van der Waals surface area contributed by atoms with Crippen molar-refractivity contribution in [3.63, 3.8) is 0 Å². The molecule has 0 saturated carbocycles. The third-order valence-electron chi connectivity index (χ3n) is 5.44. The van der Waals surface area contributed by atoms with Crippen LogP contribution >= 0.6 is 0 Å². The van der Waals surface area contributed by atoms with Gasteiger partial charge < -0.3 is 15.5 Å². The summed E-state index contributed by atoms with van der Waals surface area (Å²) in [7, 11) is 0. The van der Waals surface area contributed by atoms with Gasteiger partial charge in [0, 0.05) is 30.9 Å². The summed E-state index contributed by atoms with van der Waals surface area (Å²) in [5, 5.41) is 21.0. The second-order valence-electron chi connectivity index (χ2n) is 7.78. The van der Waals surface area contributed by atoms with Gasteiger partial charge in [-0.25, -0.2) is 9.48 Å². The molecule has 0 spiro atoms. The van der Waals surface area contributed by atoms with E-state index in [1.54, 1.807) is 42.2 Å².